The third-order valence-electron chi connectivity index (χ3n) is 1.32. The molecule has 5 heteroatoms. The lowest BCUT2D eigenvalue weighted by Crippen LogP contribution is -2.49. The van der Waals surface area contributed by atoms with Crippen LogP contribution in [0.2, 0.25) is 0 Å². The molecule has 0 radical (unpaired) electrons. The monoisotopic (exact) mass is 148 g/mol. The van der Waals surface area contributed by atoms with E-state index in [1.165, 1.54) is 0 Å². The summed E-state index contributed by atoms with van der Waals surface area (Å²) >= 11 is 0. The lowest BCUT2D eigenvalue weighted by Gasteiger charge is -2.25. The Morgan fingerprint density at radius 1 is 1.40 bits per heavy atom. The summed E-state index contributed by atoms with van der Waals surface area (Å²) in [5, 5.41) is 26.2. The zero-order valence-corrected chi connectivity index (χ0v) is 5.10. The lowest BCUT2D eigenvalue weighted by atomic mass is 10.1. The molecule has 1 saturated heterocycles. The van der Waals surface area contributed by atoms with Gasteiger partial charge in [-0.05, 0) is 0 Å². The number of carbonyl (C=O) groups excluding carboxylic acids is 1. The van der Waals surface area contributed by atoms with Gasteiger partial charge in [-0.15, -0.1) is 0 Å². The maximum absolute atomic E-state index is 10.6. The number of rotatable bonds is 0. The van der Waals surface area contributed by atoms with Gasteiger partial charge in [0.2, 0.25) is 12.1 Å². The van der Waals surface area contributed by atoms with Crippen molar-refractivity contribution < 1.29 is 24.9 Å². The van der Waals surface area contributed by atoms with Crippen molar-refractivity contribution in [1.82, 2.24) is 0 Å². The van der Waals surface area contributed by atoms with Crippen molar-refractivity contribution in [2.24, 2.45) is 0 Å². The Morgan fingerprint density at radius 2 is 2.00 bits per heavy atom. The minimum Gasteiger partial charge on any atom is -0.388 e. The fourth-order valence-corrected chi connectivity index (χ4v) is 0.699. The van der Waals surface area contributed by atoms with Crippen molar-refractivity contribution >= 4 is 5.78 Å². The third-order valence-corrected chi connectivity index (χ3v) is 1.32. The van der Waals surface area contributed by atoms with E-state index in [4.69, 9.17) is 15.3 Å². The van der Waals surface area contributed by atoms with Crippen molar-refractivity contribution in [3.05, 3.63) is 0 Å². The minimum absolute atomic E-state index is 0.214. The number of hydrogen-bond acceptors (Lipinski definition) is 5. The molecule has 1 aliphatic heterocycles. The van der Waals surface area contributed by atoms with Gasteiger partial charge in [0, 0.05) is 0 Å². The number of ether oxygens (including phenoxy) is 1. The van der Waals surface area contributed by atoms with Crippen molar-refractivity contribution in [3.8, 4) is 0 Å². The Bertz CT molecular complexity index is 145. The van der Waals surface area contributed by atoms with Crippen molar-refractivity contribution in [3.63, 3.8) is 0 Å². The molecular formula is C5H8O5. The van der Waals surface area contributed by atoms with E-state index in [2.05, 4.69) is 4.74 Å². The van der Waals surface area contributed by atoms with Gasteiger partial charge in [0.05, 0.1) is 6.61 Å². The minimum atomic E-state index is -1.58. The van der Waals surface area contributed by atoms with Crippen LogP contribution in [0.4, 0.5) is 0 Å². The van der Waals surface area contributed by atoms with Crippen molar-refractivity contribution in [2.75, 3.05) is 6.61 Å². The molecule has 5 nitrogen and oxygen atoms in total. The van der Waals surface area contributed by atoms with Gasteiger partial charge in [-0.2, -0.15) is 0 Å². The molecular weight excluding hydrogens is 140 g/mol. The number of aliphatic hydroxyl groups is 3. The normalized spacial score (nSPS) is 41.9. The SMILES string of the molecule is O=C1C(O)OC[C@@H](O)[C@@H]1O. The molecule has 3 atom stereocenters. The molecule has 1 aliphatic rings. The molecule has 0 aromatic carbocycles. The first-order valence-corrected chi connectivity index (χ1v) is 2.82. The van der Waals surface area contributed by atoms with Crippen LogP contribution in [0.15, 0.2) is 0 Å². The van der Waals surface area contributed by atoms with Gasteiger partial charge >= 0.3 is 0 Å². The molecule has 0 amide bonds. The molecule has 58 valence electrons. The van der Waals surface area contributed by atoms with Crippen LogP contribution in [-0.2, 0) is 9.53 Å². The summed E-state index contributed by atoms with van der Waals surface area (Å²) in [5.41, 5.74) is 0. The number of aliphatic hydroxyl groups excluding tert-OH is 3. The second kappa shape index (κ2) is 2.63. The Hall–Kier alpha value is -0.490. The summed E-state index contributed by atoms with van der Waals surface area (Å²) in [4.78, 5) is 10.6. The molecule has 0 bridgehead atoms. The van der Waals surface area contributed by atoms with E-state index in [0.717, 1.165) is 0 Å². The predicted molar refractivity (Wildman–Crippen MR) is 29.0 cm³/mol. The molecule has 1 fully saturated rings. The second-order valence-corrected chi connectivity index (χ2v) is 2.10. The first-order chi connectivity index (χ1) is 4.63. The molecule has 0 aromatic heterocycles. The summed E-state index contributed by atoms with van der Waals surface area (Å²) in [6, 6.07) is 0. The van der Waals surface area contributed by atoms with Crippen LogP contribution in [0, 0.1) is 0 Å². The maximum Gasteiger partial charge on any atom is 0.219 e. The zero-order valence-electron chi connectivity index (χ0n) is 5.10. The van der Waals surface area contributed by atoms with E-state index >= 15 is 0 Å². The Morgan fingerprint density at radius 3 is 2.50 bits per heavy atom. The maximum atomic E-state index is 10.6. The number of carbonyl (C=O) groups is 1. The standard InChI is InChI=1S/C5H8O5/c6-2-1-10-5(9)4(8)3(2)7/h2-3,5-7,9H,1H2/t2-,3+,5?/m1/s1. The summed E-state index contributed by atoms with van der Waals surface area (Å²) in [7, 11) is 0. The molecule has 3 N–H and O–H groups in total. The van der Waals surface area contributed by atoms with E-state index in [0.29, 0.717) is 0 Å². The molecule has 1 unspecified atom stereocenters. The summed E-state index contributed by atoms with van der Waals surface area (Å²) in [6.45, 7) is -0.214. The molecule has 0 aliphatic carbocycles. The first kappa shape index (κ1) is 7.62. The first-order valence-electron chi connectivity index (χ1n) is 2.82. The van der Waals surface area contributed by atoms with Gasteiger partial charge in [0.15, 0.2) is 0 Å². The highest BCUT2D eigenvalue weighted by atomic mass is 16.6. The van der Waals surface area contributed by atoms with Gasteiger partial charge in [-0.3, -0.25) is 4.79 Å². The molecule has 1 heterocycles. The van der Waals surface area contributed by atoms with E-state index < -0.39 is 24.3 Å². The Labute approximate surface area is 56.9 Å². The van der Waals surface area contributed by atoms with Crippen LogP contribution in [0.1, 0.15) is 0 Å². The second-order valence-electron chi connectivity index (χ2n) is 2.10. The fraction of sp³-hybridized carbons (Fsp3) is 0.800. The van der Waals surface area contributed by atoms with Crippen molar-refractivity contribution in [1.29, 1.82) is 0 Å². The fourth-order valence-electron chi connectivity index (χ4n) is 0.699. The summed E-state index contributed by atoms with van der Waals surface area (Å²) < 4.78 is 4.37. The van der Waals surface area contributed by atoms with Gasteiger partial charge in [0.25, 0.3) is 0 Å². The molecule has 0 spiro atoms. The largest absolute Gasteiger partial charge is 0.388 e. The number of hydrogen-bond donors (Lipinski definition) is 3. The van der Waals surface area contributed by atoms with Crippen LogP contribution in [0.25, 0.3) is 0 Å². The van der Waals surface area contributed by atoms with Crippen LogP contribution >= 0.6 is 0 Å². The van der Waals surface area contributed by atoms with Crippen molar-refractivity contribution in [2.45, 2.75) is 18.5 Å². The van der Waals surface area contributed by atoms with Crippen LogP contribution < -0.4 is 0 Å². The highest BCUT2D eigenvalue weighted by Gasteiger charge is 2.35. The van der Waals surface area contributed by atoms with Crippen LogP contribution in [0.5, 0.6) is 0 Å². The number of Topliss-reactive ketones (excluding diaryl/α,β-unsaturated/α-hetero) is 1. The predicted octanol–water partition coefficient (Wildman–Crippen LogP) is -2.37. The average molecular weight is 148 g/mol. The molecule has 0 aromatic rings. The third kappa shape index (κ3) is 1.17. The van der Waals surface area contributed by atoms with E-state index in [-0.39, 0.29) is 6.61 Å². The van der Waals surface area contributed by atoms with Crippen LogP contribution in [0.3, 0.4) is 0 Å². The lowest BCUT2D eigenvalue weighted by molar-refractivity contribution is -0.196. The van der Waals surface area contributed by atoms with Gasteiger partial charge in [-0.1, -0.05) is 0 Å². The highest BCUT2D eigenvalue weighted by molar-refractivity contribution is 5.86. The Kier molecular flexibility index (Phi) is 2.00. The molecule has 0 saturated carbocycles. The van der Waals surface area contributed by atoms with Gasteiger partial charge in [-0.25, -0.2) is 0 Å². The summed E-state index contributed by atoms with van der Waals surface area (Å²) in [6.07, 6.45) is -4.31. The molecule has 10 heavy (non-hydrogen) atoms. The van der Waals surface area contributed by atoms with E-state index in [1.54, 1.807) is 0 Å². The van der Waals surface area contributed by atoms with Gasteiger partial charge < -0.3 is 20.1 Å². The topological polar surface area (TPSA) is 87.0 Å². The molecule has 1 rings (SSSR count). The average Bonchev–Trinajstić information content (AvgIpc) is 1.93. The van der Waals surface area contributed by atoms with Crippen LogP contribution in [-0.4, -0.2) is 46.2 Å². The number of ketones is 1. The van der Waals surface area contributed by atoms with E-state index in [9.17, 15) is 4.79 Å². The smallest absolute Gasteiger partial charge is 0.219 e. The Balaban J connectivity index is 2.60. The van der Waals surface area contributed by atoms with E-state index in [1.807, 2.05) is 0 Å². The zero-order chi connectivity index (χ0) is 7.72. The summed E-state index contributed by atoms with van der Waals surface area (Å²) in [5.74, 6) is -0.890. The van der Waals surface area contributed by atoms with Gasteiger partial charge in [0.1, 0.15) is 12.2 Å². The highest BCUT2D eigenvalue weighted by Crippen LogP contribution is 2.08. The quantitative estimate of drug-likeness (QED) is 0.357.